The fourth-order valence-corrected chi connectivity index (χ4v) is 5.52. The standard InChI is InChI=1S/C30H34F3N3O5S/c1-20(2)34-29(38)22(4)35(18-23-11-13-26(41-5)14-12-23)28(37)19-36(25-8-6-7-24(17-25)30(31,32)33)42(39,40)27-15-9-21(3)10-16-27/h6-17,20,22H,18-19H2,1-5H3,(H,34,38)/t22-/m0/s1. The summed E-state index contributed by atoms with van der Waals surface area (Å²) in [6.07, 6.45) is -4.75. The van der Waals surface area contributed by atoms with Gasteiger partial charge in [0.05, 0.1) is 23.3 Å². The zero-order chi connectivity index (χ0) is 31.2. The molecule has 0 aliphatic rings. The molecule has 0 unspecified atom stereocenters. The van der Waals surface area contributed by atoms with Gasteiger partial charge in [-0.1, -0.05) is 35.9 Å². The van der Waals surface area contributed by atoms with E-state index in [2.05, 4.69) is 5.32 Å². The molecule has 3 rings (SSSR count). The molecule has 0 aliphatic heterocycles. The number of nitrogens with zero attached hydrogens (tertiary/aromatic N) is 2. The first kappa shape index (κ1) is 32.5. The van der Waals surface area contributed by atoms with Crippen molar-refractivity contribution in [1.29, 1.82) is 0 Å². The van der Waals surface area contributed by atoms with Gasteiger partial charge in [0.1, 0.15) is 18.3 Å². The number of methoxy groups -OCH3 is 1. The zero-order valence-electron chi connectivity index (χ0n) is 24.0. The maximum atomic E-state index is 13.9. The first-order chi connectivity index (χ1) is 19.6. The first-order valence-electron chi connectivity index (χ1n) is 13.1. The molecule has 0 radical (unpaired) electrons. The fraction of sp³-hybridized carbons (Fsp3) is 0.333. The predicted octanol–water partition coefficient (Wildman–Crippen LogP) is 5.16. The molecule has 0 fully saturated rings. The van der Waals surface area contributed by atoms with Gasteiger partial charge in [-0.3, -0.25) is 13.9 Å². The highest BCUT2D eigenvalue weighted by Gasteiger charge is 2.35. The van der Waals surface area contributed by atoms with Crippen molar-refractivity contribution < 1.29 is 35.9 Å². The third-order valence-corrected chi connectivity index (χ3v) is 8.25. The van der Waals surface area contributed by atoms with Crippen LogP contribution in [0.4, 0.5) is 18.9 Å². The van der Waals surface area contributed by atoms with Crippen LogP contribution in [0.5, 0.6) is 5.75 Å². The van der Waals surface area contributed by atoms with Gasteiger partial charge in [0.2, 0.25) is 11.8 Å². The average molecular weight is 606 g/mol. The molecule has 0 saturated carbocycles. The Labute approximate surface area is 244 Å². The minimum atomic E-state index is -4.75. The number of benzene rings is 3. The topological polar surface area (TPSA) is 96.0 Å². The van der Waals surface area contributed by atoms with Crippen molar-refractivity contribution in [2.24, 2.45) is 0 Å². The molecule has 8 nitrogen and oxygen atoms in total. The van der Waals surface area contributed by atoms with Crippen molar-refractivity contribution >= 4 is 27.5 Å². The molecule has 42 heavy (non-hydrogen) atoms. The highest BCUT2D eigenvalue weighted by atomic mass is 32.2. The van der Waals surface area contributed by atoms with Crippen molar-refractivity contribution in [2.45, 2.75) is 57.4 Å². The van der Waals surface area contributed by atoms with Crippen LogP contribution in [0.25, 0.3) is 0 Å². The van der Waals surface area contributed by atoms with Gasteiger partial charge in [-0.15, -0.1) is 0 Å². The van der Waals surface area contributed by atoms with Crippen molar-refractivity contribution in [1.82, 2.24) is 10.2 Å². The van der Waals surface area contributed by atoms with Crippen LogP contribution in [0.1, 0.15) is 37.5 Å². The van der Waals surface area contributed by atoms with Crippen LogP contribution in [0.15, 0.2) is 77.7 Å². The van der Waals surface area contributed by atoms with Crippen LogP contribution >= 0.6 is 0 Å². The number of halogens is 3. The van der Waals surface area contributed by atoms with E-state index in [1.54, 1.807) is 57.2 Å². The molecular formula is C30H34F3N3O5S. The predicted molar refractivity (Wildman–Crippen MR) is 153 cm³/mol. The van der Waals surface area contributed by atoms with E-state index in [0.29, 0.717) is 21.7 Å². The summed E-state index contributed by atoms with van der Waals surface area (Å²) in [7, 11) is -3.01. The fourth-order valence-electron chi connectivity index (χ4n) is 4.12. The Kier molecular flexibility index (Phi) is 10.3. The van der Waals surface area contributed by atoms with Gasteiger partial charge in [-0.2, -0.15) is 13.2 Å². The number of amides is 2. The van der Waals surface area contributed by atoms with E-state index < -0.39 is 46.2 Å². The third-order valence-electron chi connectivity index (χ3n) is 6.46. The molecule has 0 bridgehead atoms. The summed E-state index contributed by atoms with van der Waals surface area (Å²) in [4.78, 5) is 27.9. The normalized spacial score (nSPS) is 12.5. The number of nitrogens with one attached hydrogen (secondary N) is 1. The quantitative estimate of drug-likeness (QED) is 0.326. The number of anilines is 1. The summed E-state index contributed by atoms with van der Waals surface area (Å²) in [5.74, 6) is -0.689. The highest BCUT2D eigenvalue weighted by molar-refractivity contribution is 7.92. The maximum Gasteiger partial charge on any atom is 0.416 e. The second kappa shape index (κ2) is 13.3. The average Bonchev–Trinajstić information content (AvgIpc) is 2.93. The van der Waals surface area contributed by atoms with Crippen LogP contribution in [0, 0.1) is 6.92 Å². The minimum Gasteiger partial charge on any atom is -0.497 e. The van der Waals surface area contributed by atoms with E-state index in [1.165, 1.54) is 37.1 Å². The highest BCUT2D eigenvalue weighted by Crippen LogP contribution is 2.33. The van der Waals surface area contributed by atoms with Crippen molar-refractivity contribution in [3.05, 3.63) is 89.5 Å². The number of ether oxygens (including phenoxy) is 1. The lowest BCUT2D eigenvalue weighted by Gasteiger charge is -2.32. The molecule has 0 saturated heterocycles. The second-order valence-electron chi connectivity index (χ2n) is 10.1. The summed E-state index contributed by atoms with van der Waals surface area (Å²) in [5, 5.41) is 2.74. The molecule has 12 heteroatoms. The summed E-state index contributed by atoms with van der Waals surface area (Å²) >= 11 is 0. The Morgan fingerprint density at radius 3 is 2.12 bits per heavy atom. The maximum absolute atomic E-state index is 13.9. The van der Waals surface area contributed by atoms with E-state index >= 15 is 0 Å². The number of aryl methyl sites for hydroxylation is 1. The van der Waals surface area contributed by atoms with Gasteiger partial charge < -0.3 is 15.0 Å². The molecule has 1 atom stereocenters. The lowest BCUT2D eigenvalue weighted by Crippen LogP contribution is -2.52. The van der Waals surface area contributed by atoms with Crippen molar-refractivity contribution in [2.75, 3.05) is 18.0 Å². The molecule has 0 heterocycles. The Morgan fingerprint density at radius 1 is 0.952 bits per heavy atom. The largest absolute Gasteiger partial charge is 0.497 e. The van der Waals surface area contributed by atoms with Gasteiger partial charge in [0.15, 0.2) is 0 Å². The second-order valence-corrected chi connectivity index (χ2v) is 11.9. The van der Waals surface area contributed by atoms with Gasteiger partial charge in [0.25, 0.3) is 10.0 Å². The van der Waals surface area contributed by atoms with Crippen LogP contribution < -0.4 is 14.4 Å². The Hall–Kier alpha value is -4.06. The number of rotatable bonds is 11. The van der Waals surface area contributed by atoms with E-state index in [9.17, 15) is 31.2 Å². The van der Waals surface area contributed by atoms with Gasteiger partial charge >= 0.3 is 6.18 Å². The van der Waals surface area contributed by atoms with Crippen molar-refractivity contribution in [3.8, 4) is 5.75 Å². The molecule has 3 aromatic carbocycles. The number of hydrogen-bond acceptors (Lipinski definition) is 5. The number of carbonyl (C=O) groups is 2. The van der Waals surface area contributed by atoms with E-state index in [4.69, 9.17) is 4.74 Å². The monoisotopic (exact) mass is 605 g/mol. The SMILES string of the molecule is COc1ccc(CN(C(=O)CN(c2cccc(C(F)(F)F)c2)S(=O)(=O)c2ccc(C)cc2)[C@@H](C)C(=O)NC(C)C)cc1. The van der Waals surface area contributed by atoms with Gasteiger partial charge in [0, 0.05) is 12.6 Å². The number of sulfonamides is 1. The summed E-state index contributed by atoms with van der Waals surface area (Å²) < 4.78 is 74.2. The molecule has 0 spiro atoms. The molecule has 3 aromatic rings. The lowest BCUT2D eigenvalue weighted by molar-refractivity contribution is -0.139. The number of alkyl halides is 3. The van der Waals surface area contributed by atoms with Crippen molar-refractivity contribution in [3.63, 3.8) is 0 Å². The Morgan fingerprint density at radius 2 is 1.57 bits per heavy atom. The molecular weight excluding hydrogens is 571 g/mol. The van der Waals surface area contributed by atoms with Crippen LogP contribution in [-0.2, 0) is 32.3 Å². The summed E-state index contributed by atoms with van der Waals surface area (Å²) in [6.45, 7) is 5.84. The first-order valence-corrected chi connectivity index (χ1v) is 14.6. The Balaban J connectivity index is 2.08. The number of hydrogen-bond donors (Lipinski definition) is 1. The minimum absolute atomic E-state index is 0.0729. The number of carbonyl (C=O) groups excluding carboxylic acids is 2. The Bertz CT molecular complexity index is 1490. The van der Waals surface area contributed by atoms with Crippen LogP contribution in [0.2, 0.25) is 0 Å². The van der Waals surface area contributed by atoms with Gasteiger partial charge in [-0.25, -0.2) is 8.42 Å². The summed E-state index contributed by atoms with van der Waals surface area (Å²) in [6, 6.07) is 15.0. The molecule has 0 aromatic heterocycles. The van der Waals surface area contributed by atoms with Crippen LogP contribution in [-0.4, -0.2) is 50.9 Å². The van der Waals surface area contributed by atoms with Gasteiger partial charge in [-0.05, 0) is 75.7 Å². The van der Waals surface area contributed by atoms with Crippen LogP contribution in [0.3, 0.4) is 0 Å². The third kappa shape index (κ3) is 8.03. The molecule has 226 valence electrons. The van der Waals surface area contributed by atoms with E-state index in [-0.39, 0.29) is 23.2 Å². The molecule has 2 amide bonds. The smallest absolute Gasteiger partial charge is 0.416 e. The molecule has 0 aliphatic carbocycles. The van der Waals surface area contributed by atoms with E-state index in [0.717, 1.165) is 17.7 Å². The molecule has 1 N–H and O–H groups in total. The summed E-state index contributed by atoms with van der Waals surface area (Å²) in [5.41, 5.74) is -0.0228. The van der Waals surface area contributed by atoms with E-state index in [1.807, 2.05) is 0 Å². The zero-order valence-corrected chi connectivity index (χ0v) is 24.8. The lowest BCUT2D eigenvalue weighted by atomic mass is 10.1.